The highest BCUT2D eigenvalue weighted by atomic mass is 35.5. The van der Waals surface area contributed by atoms with Gasteiger partial charge in [-0.1, -0.05) is 59.2 Å². The van der Waals surface area contributed by atoms with Crippen molar-refractivity contribution in [3.63, 3.8) is 0 Å². The molecule has 164 valence electrons. The van der Waals surface area contributed by atoms with Crippen LogP contribution in [0.25, 0.3) is 28.5 Å². The van der Waals surface area contributed by atoms with Crippen LogP contribution in [0.3, 0.4) is 0 Å². The standard InChI is InChI=1S/C23H14Cl2FN5OS/c24-15-11-9-14(10-12-15)22-29-27-20(32-22)13-33-23-30-28-21(16-5-1-2-6-17(16)25)31(23)19-8-4-3-7-18(19)26/h1-12H,13H2. The molecular formula is C23H14Cl2FN5OS. The Morgan fingerprint density at radius 2 is 1.61 bits per heavy atom. The molecule has 2 heterocycles. The molecule has 0 aliphatic carbocycles. The molecule has 0 aliphatic rings. The highest BCUT2D eigenvalue weighted by Crippen LogP contribution is 2.33. The Hall–Kier alpha value is -3.20. The van der Waals surface area contributed by atoms with Crippen molar-refractivity contribution < 1.29 is 8.81 Å². The summed E-state index contributed by atoms with van der Waals surface area (Å²) >= 11 is 13.6. The van der Waals surface area contributed by atoms with E-state index >= 15 is 0 Å². The summed E-state index contributed by atoms with van der Waals surface area (Å²) in [6, 6.07) is 20.8. The number of halogens is 3. The maximum absolute atomic E-state index is 14.7. The van der Waals surface area contributed by atoms with Gasteiger partial charge in [0.05, 0.1) is 16.5 Å². The molecular weight excluding hydrogens is 484 g/mol. The maximum atomic E-state index is 14.7. The molecule has 10 heteroatoms. The summed E-state index contributed by atoms with van der Waals surface area (Å²) in [5.74, 6) is 1.12. The molecule has 0 unspecified atom stereocenters. The van der Waals surface area contributed by atoms with Crippen LogP contribution < -0.4 is 0 Å². The molecule has 0 radical (unpaired) electrons. The summed E-state index contributed by atoms with van der Waals surface area (Å²) < 4.78 is 22.2. The molecule has 5 rings (SSSR count). The van der Waals surface area contributed by atoms with Gasteiger partial charge in [-0.25, -0.2) is 4.39 Å². The van der Waals surface area contributed by atoms with Gasteiger partial charge in [0.25, 0.3) is 0 Å². The van der Waals surface area contributed by atoms with Crippen LogP contribution in [-0.2, 0) is 5.75 Å². The summed E-state index contributed by atoms with van der Waals surface area (Å²) in [7, 11) is 0. The maximum Gasteiger partial charge on any atom is 0.247 e. The minimum atomic E-state index is -0.407. The SMILES string of the molecule is Fc1ccccc1-n1c(SCc2nnc(-c3ccc(Cl)cc3)o2)nnc1-c1ccccc1Cl. The molecule has 0 atom stereocenters. The molecule has 5 aromatic rings. The van der Waals surface area contributed by atoms with Crippen LogP contribution in [-0.4, -0.2) is 25.0 Å². The Labute approximate surface area is 202 Å². The predicted molar refractivity (Wildman–Crippen MR) is 126 cm³/mol. The molecule has 0 spiro atoms. The number of rotatable bonds is 6. The summed E-state index contributed by atoms with van der Waals surface area (Å²) in [5.41, 5.74) is 1.72. The predicted octanol–water partition coefficient (Wildman–Crippen LogP) is 6.72. The number of nitrogens with zero attached hydrogens (tertiary/aromatic N) is 5. The van der Waals surface area contributed by atoms with E-state index in [1.165, 1.54) is 17.8 Å². The zero-order valence-corrected chi connectivity index (χ0v) is 19.2. The summed E-state index contributed by atoms with van der Waals surface area (Å²) in [4.78, 5) is 0. The minimum Gasteiger partial charge on any atom is -0.420 e. The van der Waals surface area contributed by atoms with Gasteiger partial charge in [-0.2, -0.15) is 0 Å². The number of hydrogen-bond donors (Lipinski definition) is 0. The van der Waals surface area contributed by atoms with E-state index in [1.807, 2.05) is 18.2 Å². The summed E-state index contributed by atoms with van der Waals surface area (Å²) in [6.07, 6.45) is 0. The third-order valence-electron chi connectivity index (χ3n) is 4.72. The van der Waals surface area contributed by atoms with Crippen LogP contribution in [0.15, 0.2) is 82.4 Å². The quantitative estimate of drug-likeness (QED) is 0.242. The second-order valence-corrected chi connectivity index (χ2v) is 8.66. The van der Waals surface area contributed by atoms with Gasteiger partial charge in [-0.05, 0) is 48.5 Å². The average Bonchev–Trinajstić information content (AvgIpc) is 3.46. The Balaban J connectivity index is 1.47. The first-order chi connectivity index (χ1) is 16.1. The normalized spacial score (nSPS) is 11.1. The van der Waals surface area contributed by atoms with E-state index in [9.17, 15) is 4.39 Å². The highest BCUT2D eigenvalue weighted by Gasteiger charge is 2.21. The number of thioether (sulfide) groups is 1. The lowest BCUT2D eigenvalue weighted by Gasteiger charge is -2.11. The highest BCUT2D eigenvalue weighted by molar-refractivity contribution is 7.98. The second kappa shape index (κ2) is 9.35. The topological polar surface area (TPSA) is 69.6 Å². The third kappa shape index (κ3) is 4.50. The second-order valence-electron chi connectivity index (χ2n) is 6.87. The van der Waals surface area contributed by atoms with Gasteiger partial charge >= 0.3 is 0 Å². The molecule has 33 heavy (non-hydrogen) atoms. The lowest BCUT2D eigenvalue weighted by Crippen LogP contribution is -2.02. The van der Waals surface area contributed by atoms with Crippen molar-refractivity contribution in [1.82, 2.24) is 25.0 Å². The van der Waals surface area contributed by atoms with E-state index in [4.69, 9.17) is 27.6 Å². The fraction of sp³-hybridized carbons (Fsp3) is 0.0435. The van der Waals surface area contributed by atoms with Gasteiger partial charge in [-0.3, -0.25) is 4.57 Å². The van der Waals surface area contributed by atoms with Crippen LogP contribution in [0.5, 0.6) is 0 Å². The van der Waals surface area contributed by atoms with Crippen LogP contribution >= 0.6 is 35.0 Å². The summed E-state index contributed by atoms with van der Waals surface area (Å²) in [6.45, 7) is 0. The lowest BCUT2D eigenvalue weighted by atomic mass is 10.2. The van der Waals surface area contributed by atoms with E-state index in [1.54, 1.807) is 53.1 Å². The molecule has 0 saturated carbocycles. The fourth-order valence-corrected chi connectivity index (χ4v) is 4.31. The van der Waals surface area contributed by atoms with E-state index in [2.05, 4.69) is 20.4 Å². The van der Waals surface area contributed by atoms with Crippen molar-refractivity contribution in [3.05, 3.63) is 94.5 Å². The molecule has 6 nitrogen and oxygen atoms in total. The number of aromatic nitrogens is 5. The lowest BCUT2D eigenvalue weighted by molar-refractivity contribution is 0.528. The number of hydrogen-bond acceptors (Lipinski definition) is 6. The summed E-state index contributed by atoms with van der Waals surface area (Å²) in [5, 5.41) is 18.4. The van der Waals surface area contributed by atoms with Gasteiger partial charge in [0.2, 0.25) is 11.8 Å². The van der Waals surface area contributed by atoms with E-state index in [0.29, 0.717) is 49.8 Å². The number of benzene rings is 3. The van der Waals surface area contributed by atoms with Crippen molar-refractivity contribution in [2.45, 2.75) is 10.9 Å². The Kier molecular flexibility index (Phi) is 6.13. The van der Waals surface area contributed by atoms with Gasteiger partial charge in [0.1, 0.15) is 5.82 Å². The van der Waals surface area contributed by atoms with E-state index in [0.717, 1.165) is 5.56 Å². The average molecular weight is 498 g/mol. The van der Waals surface area contributed by atoms with Gasteiger partial charge in [0, 0.05) is 16.1 Å². The Morgan fingerprint density at radius 3 is 2.39 bits per heavy atom. The smallest absolute Gasteiger partial charge is 0.247 e. The molecule has 0 N–H and O–H groups in total. The van der Waals surface area contributed by atoms with Crippen molar-refractivity contribution in [1.29, 1.82) is 0 Å². The van der Waals surface area contributed by atoms with Crippen molar-refractivity contribution in [2.24, 2.45) is 0 Å². The largest absolute Gasteiger partial charge is 0.420 e. The molecule has 0 amide bonds. The molecule has 0 aliphatic heterocycles. The van der Waals surface area contributed by atoms with E-state index in [-0.39, 0.29) is 0 Å². The van der Waals surface area contributed by atoms with E-state index < -0.39 is 5.82 Å². The first-order valence-corrected chi connectivity index (χ1v) is 11.5. The zero-order chi connectivity index (χ0) is 22.8. The molecule has 0 bridgehead atoms. The fourth-order valence-electron chi connectivity index (χ4n) is 3.18. The molecule has 2 aromatic heterocycles. The minimum absolute atomic E-state index is 0.312. The third-order valence-corrected chi connectivity index (χ3v) is 6.22. The number of para-hydroxylation sites is 1. The molecule has 3 aromatic carbocycles. The van der Waals surface area contributed by atoms with Crippen molar-refractivity contribution in [3.8, 4) is 28.5 Å². The van der Waals surface area contributed by atoms with Crippen molar-refractivity contribution in [2.75, 3.05) is 0 Å². The van der Waals surface area contributed by atoms with Crippen molar-refractivity contribution >= 4 is 35.0 Å². The monoisotopic (exact) mass is 497 g/mol. The van der Waals surface area contributed by atoms with Gasteiger partial charge in [0.15, 0.2) is 11.0 Å². The van der Waals surface area contributed by atoms with Crippen LogP contribution in [0.2, 0.25) is 10.0 Å². The van der Waals surface area contributed by atoms with Gasteiger partial charge < -0.3 is 4.42 Å². The molecule has 0 fully saturated rings. The molecule has 0 saturated heterocycles. The zero-order valence-electron chi connectivity index (χ0n) is 16.8. The Morgan fingerprint density at radius 1 is 0.848 bits per heavy atom. The van der Waals surface area contributed by atoms with Crippen LogP contribution in [0, 0.1) is 5.82 Å². The van der Waals surface area contributed by atoms with Crippen LogP contribution in [0.4, 0.5) is 4.39 Å². The van der Waals surface area contributed by atoms with Gasteiger partial charge in [-0.15, -0.1) is 20.4 Å². The van der Waals surface area contributed by atoms with Crippen LogP contribution in [0.1, 0.15) is 5.89 Å². The Bertz CT molecular complexity index is 1420. The first kappa shape index (κ1) is 21.6. The first-order valence-electron chi connectivity index (χ1n) is 9.76.